The Morgan fingerprint density at radius 1 is 1.36 bits per heavy atom. The maximum absolute atomic E-state index is 11.2. The van der Waals surface area contributed by atoms with E-state index >= 15 is 0 Å². The third-order valence-corrected chi connectivity index (χ3v) is 1.74. The first-order valence-electron chi connectivity index (χ1n) is 4.41. The summed E-state index contributed by atoms with van der Waals surface area (Å²) < 4.78 is 0. The van der Waals surface area contributed by atoms with Crippen LogP contribution < -0.4 is 11.1 Å². The summed E-state index contributed by atoms with van der Waals surface area (Å²) in [6.07, 6.45) is 10.1. The van der Waals surface area contributed by atoms with Crippen LogP contribution in [0.4, 0.5) is 0 Å². The van der Waals surface area contributed by atoms with Gasteiger partial charge in [0.05, 0.1) is 0 Å². The lowest BCUT2D eigenvalue weighted by atomic mass is 10.1. The van der Waals surface area contributed by atoms with E-state index in [2.05, 4.69) is 0 Å². The Morgan fingerprint density at radius 2 is 2.14 bits per heavy atom. The Kier molecular flexibility index (Phi) is 3.82. The summed E-state index contributed by atoms with van der Waals surface area (Å²) >= 11 is 0. The first kappa shape index (κ1) is 10.4. The fourth-order valence-corrected chi connectivity index (χ4v) is 1.12. The molecule has 0 fully saturated rings. The summed E-state index contributed by atoms with van der Waals surface area (Å²) in [5, 5.41) is 1.48. The van der Waals surface area contributed by atoms with Crippen LogP contribution in [0.15, 0.2) is 36.1 Å². The summed E-state index contributed by atoms with van der Waals surface area (Å²) in [6.45, 7) is 0. The van der Waals surface area contributed by atoms with Gasteiger partial charge in [-0.15, -0.1) is 0 Å². The quantitative estimate of drug-likeness (QED) is 0.584. The first-order valence-corrected chi connectivity index (χ1v) is 4.41. The average Bonchev–Trinajstić information content (AvgIpc) is 2.16. The number of primary amides is 2. The highest BCUT2D eigenvalue weighted by Gasteiger charge is 2.06. The van der Waals surface area contributed by atoms with E-state index in [1.165, 1.54) is 11.4 Å². The molecule has 0 atom stereocenters. The van der Waals surface area contributed by atoms with Gasteiger partial charge in [0.15, 0.2) is 0 Å². The highest BCUT2D eigenvalue weighted by molar-refractivity contribution is 5.92. The van der Waals surface area contributed by atoms with E-state index < -0.39 is 5.91 Å². The van der Waals surface area contributed by atoms with E-state index in [-0.39, 0.29) is 5.91 Å². The summed E-state index contributed by atoms with van der Waals surface area (Å²) in [6, 6.07) is 0. The largest absolute Gasteiger partial charge is 0.366 e. The highest BCUT2D eigenvalue weighted by atomic mass is 16.2. The van der Waals surface area contributed by atoms with Gasteiger partial charge >= 0.3 is 5.91 Å². The maximum Gasteiger partial charge on any atom is 0.340 e. The Morgan fingerprint density at radius 3 is 2.71 bits per heavy atom. The van der Waals surface area contributed by atoms with Gasteiger partial charge in [-0.2, -0.15) is 0 Å². The number of rotatable bonds is 3. The maximum atomic E-state index is 11.2. The minimum atomic E-state index is -0.611. The van der Waals surface area contributed by atoms with Crippen molar-refractivity contribution in [3.05, 3.63) is 36.1 Å². The molecule has 0 aromatic carbocycles. The number of nitrogens with two attached hydrogens (primary N) is 2. The summed E-state index contributed by atoms with van der Waals surface area (Å²) in [7, 11) is 0. The predicted molar refractivity (Wildman–Crippen MR) is 51.7 cm³/mol. The van der Waals surface area contributed by atoms with Crippen molar-refractivity contribution in [2.75, 3.05) is 0 Å². The van der Waals surface area contributed by atoms with Crippen LogP contribution in [0.1, 0.15) is 12.8 Å². The van der Waals surface area contributed by atoms with Crippen molar-refractivity contribution in [3.8, 4) is 0 Å². The molecule has 1 aliphatic carbocycles. The standard InChI is InChI=1S/C10H12N2O2/c11-9(13)6-7-10(14)12-8-4-2-1-3-5-8/h2,4-7H,1,3H2,(H2,11,13)(H,12,14)/p+1. The average molecular weight is 193 g/mol. The normalized spacial score (nSPS) is 15.6. The molecule has 0 saturated carbocycles. The Hall–Kier alpha value is -1.68. The molecule has 0 heterocycles. The molecular weight excluding hydrogens is 180 g/mol. The molecule has 14 heavy (non-hydrogen) atoms. The molecule has 4 nitrogen and oxygen atoms in total. The zero-order valence-corrected chi connectivity index (χ0v) is 7.77. The summed E-state index contributed by atoms with van der Waals surface area (Å²) in [4.78, 5) is 21.5. The van der Waals surface area contributed by atoms with Crippen molar-refractivity contribution >= 4 is 11.8 Å². The second-order valence-electron chi connectivity index (χ2n) is 2.97. The third kappa shape index (κ3) is 3.82. The molecule has 0 saturated heterocycles. The lowest BCUT2D eigenvalue weighted by molar-refractivity contribution is -0.509. The number of quaternary nitrogens is 1. The van der Waals surface area contributed by atoms with Crippen molar-refractivity contribution < 1.29 is 14.9 Å². The van der Waals surface area contributed by atoms with E-state index in [0.29, 0.717) is 0 Å². The van der Waals surface area contributed by atoms with E-state index in [1.54, 1.807) is 0 Å². The molecule has 0 unspecified atom stereocenters. The smallest absolute Gasteiger partial charge is 0.340 e. The molecule has 0 aromatic rings. The van der Waals surface area contributed by atoms with Crippen LogP contribution in [0.2, 0.25) is 0 Å². The van der Waals surface area contributed by atoms with Gasteiger partial charge in [0, 0.05) is 12.2 Å². The molecule has 0 bridgehead atoms. The van der Waals surface area contributed by atoms with Crippen molar-refractivity contribution in [2.45, 2.75) is 12.8 Å². The molecule has 2 amide bonds. The molecular formula is C10H13N2O2+. The summed E-state index contributed by atoms with van der Waals surface area (Å²) in [5.41, 5.74) is 5.74. The topological polar surface area (TPSA) is 76.8 Å². The molecule has 1 aliphatic rings. The molecule has 4 N–H and O–H groups in total. The van der Waals surface area contributed by atoms with Gasteiger partial charge in [0.1, 0.15) is 5.70 Å². The van der Waals surface area contributed by atoms with Gasteiger partial charge in [-0.1, -0.05) is 6.08 Å². The highest BCUT2D eigenvalue weighted by Crippen LogP contribution is 2.02. The monoisotopic (exact) mass is 193 g/mol. The van der Waals surface area contributed by atoms with E-state index in [9.17, 15) is 9.59 Å². The third-order valence-electron chi connectivity index (χ3n) is 1.74. The molecule has 0 spiro atoms. The van der Waals surface area contributed by atoms with Crippen molar-refractivity contribution in [1.29, 1.82) is 0 Å². The number of hydrogen-bond donors (Lipinski definition) is 2. The number of carbonyl (C=O) groups is 2. The lowest BCUT2D eigenvalue weighted by Crippen LogP contribution is -2.85. The van der Waals surface area contributed by atoms with Crippen molar-refractivity contribution in [2.24, 2.45) is 5.73 Å². The predicted octanol–water partition coefficient (Wildman–Crippen LogP) is -0.648. The second-order valence-corrected chi connectivity index (χ2v) is 2.97. The van der Waals surface area contributed by atoms with Crippen LogP contribution in [-0.4, -0.2) is 11.8 Å². The molecule has 1 rings (SSSR count). The van der Waals surface area contributed by atoms with Crippen LogP contribution in [0.25, 0.3) is 0 Å². The molecule has 4 heteroatoms. The van der Waals surface area contributed by atoms with Crippen LogP contribution in [0.3, 0.4) is 0 Å². The zero-order valence-electron chi connectivity index (χ0n) is 7.77. The van der Waals surface area contributed by atoms with Crippen LogP contribution in [0.5, 0.6) is 0 Å². The first-order chi connectivity index (χ1) is 6.68. The second kappa shape index (κ2) is 5.14. The van der Waals surface area contributed by atoms with Crippen LogP contribution in [-0.2, 0) is 9.59 Å². The minimum absolute atomic E-state index is 0.221. The lowest BCUT2D eigenvalue weighted by Gasteiger charge is -2.00. The van der Waals surface area contributed by atoms with Gasteiger partial charge < -0.3 is 5.73 Å². The number of amides is 2. The number of hydrogen-bond acceptors (Lipinski definition) is 2. The SMILES string of the molecule is NC(=O)C=CC(=O)[NH2+]C1=CCCC=C1. The van der Waals surface area contributed by atoms with Gasteiger partial charge in [-0.3, -0.25) is 4.79 Å². The fourth-order valence-electron chi connectivity index (χ4n) is 1.12. The zero-order chi connectivity index (χ0) is 10.4. The van der Waals surface area contributed by atoms with Crippen molar-refractivity contribution in [1.82, 2.24) is 0 Å². The minimum Gasteiger partial charge on any atom is -0.366 e. The summed E-state index contributed by atoms with van der Waals surface area (Å²) in [5.74, 6) is -0.832. The molecule has 0 aromatic heterocycles. The van der Waals surface area contributed by atoms with Gasteiger partial charge in [0.2, 0.25) is 5.91 Å². The van der Waals surface area contributed by atoms with Crippen LogP contribution in [0, 0.1) is 0 Å². The molecule has 74 valence electrons. The molecule has 0 radical (unpaired) electrons. The Balaban J connectivity index is 2.44. The van der Waals surface area contributed by atoms with Gasteiger partial charge in [-0.05, 0) is 25.0 Å². The van der Waals surface area contributed by atoms with E-state index in [1.807, 2.05) is 18.2 Å². The Bertz CT molecular complexity index is 327. The Labute approximate surface area is 82.2 Å². The van der Waals surface area contributed by atoms with Crippen LogP contribution >= 0.6 is 0 Å². The number of carbonyl (C=O) groups excluding carboxylic acids is 2. The molecule has 0 aliphatic heterocycles. The van der Waals surface area contributed by atoms with E-state index in [4.69, 9.17) is 5.73 Å². The van der Waals surface area contributed by atoms with Gasteiger partial charge in [0.25, 0.3) is 0 Å². The fraction of sp³-hybridized carbons (Fsp3) is 0.200. The number of allylic oxidation sites excluding steroid dienone is 3. The van der Waals surface area contributed by atoms with Gasteiger partial charge in [-0.25, -0.2) is 10.1 Å². The van der Waals surface area contributed by atoms with E-state index in [0.717, 1.165) is 24.6 Å². The van der Waals surface area contributed by atoms with Crippen molar-refractivity contribution in [3.63, 3.8) is 0 Å².